The molecule has 1 aromatic carbocycles. The first-order valence-corrected chi connectivity index (χ1v) is 6.33. The van der Waals surface area contributed by atoms with Crippen molar-refractivity contribution in [3.05, 3.63) is 22.7 Å². The Labute approximate surface area is 117 Å². The Bertz CT molecular complexity index is 471. The number of rotatable bonds is 5. The monoisotopic (exact) mass is 336 g/mol. The zero-order valence-corrected chi connectivity index (χ0v) is 11.7. The van der Waals surface area contributed by atoms with Crippen LogP contribution in [0, 0.1) is 11.3 Å². The molecule has 1 unspecified atom stereocenters. The largest absolute Gasteiger partial charge is 0.573 e. The number of anilines is 1. The molecular formula is C12H12BrF3N2O. The first-order valence-electron chi connectivity index (χ1n) is 5.54. The second kappa shape index (κ2) is 6.66. The molecule has 0 aliphatic carbocycles. The second-order valence-electron chi connectivity index (χ2n) is 3.80. The van der Waals surface area contributed by atoms with Crippen LogP contribution in [0.1, 0.15) is 19.8 Å². The molecule has 0 heterocycles. The van der Waals surface area contributed by atoms with Crippen molar-refractivity contribution in [1.82, 2.24) is 0 Å². The molecule has 0 amide bonds. The number of hydrogen-bond donors (Lipinski definition) is 1. The van der Waals surface area contributed by atoms with Gasteiger partial charge in [-0.15, -0.1) is 13.2 Å². The number of ether oxygens (including phenoxy) is 1. The summed E-state index contributed by atoms with van der Waals surface area (Å²) in [6.07, 6.45) is -3.65. The minimum absolute atomic E-state index is 0.0358. The molecule has 0 bridgehead atoms. The molecule has 1 N–H and O–H groups in total. The van der Waals surface area contributed by atoms with Crippen LogP contribution in [0.4, 0.5) is 18.9 Å². The van der Waals surface area contributed by atoms with Crippen LogP contribution in [0.5, 0.6) is 5.75 Å². The maximum absolute atomic E-state index is 12.1. The van der Waals surface area contributed by atoms with Crippen LogP contribution in [0.25, 0.3) is 0 Å². The summed E-state index contributed by atoms with van der Waals surface area (Å²) in [5.74, 6) is -0.300. The quantitative estimate of drug-likeness (QED) is 0.863. The van der Waals surface area contributed by atoms with E-state index < -0.39 is 6.36 Å². The van der Waals surface area contributed by atoms with Gasteiger partial charge in [0.1, 0.15) is 5.75 Å². The second-order valence-corrected chi connectivity index (χ2v) is 4.66. The van der Waals surface area contributed by atoms with E-state index >= 15 is 0 Å². The van der Waals surface area contributed by atoms with Crippen LogP contribution in [0.3, 0.4) is 0 Å². The fourth-order valence-corrected chi connectivity index (χ4v) is 1.90. The molecule has 0 aromatic heterocycles. The van der Waals surface area contributed by atoms with Crippen LogP contribution < -0.4 is 10.1 Å². The summed E-state index contributed by atoms with van der Waals surface area (Å²) in [6, 6.07) is 6.20. The highest BCUT2D eigenvalue weighted by Gasteiger charge is 2.31. The molecule has 1 atom stereocenters. The van der Waals surface area contributed by atoms with Crippen molar-refractivity contribution >= 4 is 21.6 Å². The molecule has 104 valence electrons. The third-order valence-electron chi connectivity index (χ3n) is 2.36. The predicted molar refractivity (Wildman–Crippen MR) is 68.8 cm³/mol. The van der Waals surface area contributed by atoms with Gasteiger partial charge in [-0.25, -0.2) is 0 Å². The molecule has 1 aromatic rings. The van der Waals surface area contributed by atoms with Gasteiger partial charge < -0.3 is 10.1 Å². The van der Waals surface area contributed by atoms with Crippen molar-refractivity contribution in [2.75, 3.05) is 5.32 Å². The number of nitriles is 1. The maximum atomic E-state index is 12.1. The minimum atomic E-state index is -4.72. The Morgan fingerprint density at radius 1 is 1.47 bits per heavy atom. The van der Waals surface area contributed by atoms with E-state index in [4.69, 9.17) is 5.26 Å². The highest BCUT2D eigenvalue weighted by molar-refractivity contribution is 9.10. The van der Waals surface area contributed by atoms with Gasteiger partial charge in [-0.05, 0) is 40.5 Å². The van der Waals surface area contributed by atoms with Crippen LogP contribution >= 0.6 is 15.9 Å². The van der Waals surface area contributed by atoms with Gasteiger partial charge in [0.15, 0.2) is 0 Å². The zero-order chi connectivity index (χ0) is 14.5. The van der Waals surface area contributed by atoms with E-state index in [0.717, 1.165) is 6.42 Å². The molecule has 19 heavy (non-hydrogen) atoms. The van der Waals surface area contributed by atoms with Crippen LogP contribution in [-0.2, 0) is 0 Å². The Hall–Kier alpha value is -1.42. The Kier molecular flexibility index (Phi) is 5.48. The van der Waals surface area contributed by atoms with Gasteiger partial charge in [0.25, 0.3) is 0 Å². The van der Waals surface area contributed by atoms with Crippen molar-refractivity contribution < 1.29 is 17.9 Å². The first-order chi connectivity index (χ1) is 8.85. The lowest BCUT2D eigenvalue weighted by atomic mass is 10.1. The van der Waals surface area contributed by atoms with E-state index in [1.165, 1.54) is 18.2 Å². The summed E-state index contributed by atoms with van der Waals surface area (Å²) in [5.41, 5.74) is 0.628. The minimum Gasteiger partial charge on any atom is -0.405 e. The molecule has 1 rings (SSSR count). The smallest absolute Gasteiger partial charge is 0.405 e. The van der Waals surface area contributed by atoms with Crippen molar-refractivity contribution in [2.45, 2.75) is 32.2 Å². The fraction of sp³-hybridized carbons (Fsp3) is 0.417. The standard InChI is InChI=1S/C12H12BrF3N2O/c1-2-8(5-6-17)18-9-3-4-11(10(13)7-9)19-12(14,15)16/h3-4,7-8,18H,2,5H2,1H3. The third kappa shape index (κ3) is 5.39. The average molecular weight is 337 g/mol. The van der Waals surface area contributed by atoms with Gasteiger partial charge >= 0.3 is 6.36 Å². The number of alkyl halides is 3. The molecule has 0 aliphatic rings. The molecule has 3 nitrogen and oxygen atoms in total. The lowest BCUT2D eigenvalue weighted by molar-refractivity contribution is -0.274. The summed E-state index contributed by atoms with van der Waals surface area (Å²) >= 11 is 3.02. The van der Waals surface area contributed by atoms with Crippen molar-refractivity contribution in [3.63, 3.8) is 0 Å². The lowest BCUT2D eigenvalue weighted by Crippen LogP contribution is -2.18. The highest BCUT2D eigenvalue weighted by atomic mass is 79.9. The predicted octanol–water partition coefficient (Wildman–Crippen LogP) is 4.45. The van der Waals surface area contributed by atoms with Gasteiger partial charge in [0.2, 0.25) is 0 Å². The zero-order valence-electron chi connectivity index (χ0n) is 10.1. The van der Waals surface area contributed by atoms with Crippen LogP contribution in [0.2, 0.25) is 0 Å². The summed E-state index contributed by atoms with van der Waals surface area (Å²) in [4.78, 5) is 0. The van der Waals surface area contributed by atoms with Crippen molar-refractivity contribution in [1.29, 1.82) is 5.26 Å². The van der Waals surface area contributed by atoms with Crippen LogP contribution in [-0.4, -0.2) is 12.4 Å². The van der Waals surface area contributed by atoms with E-state index in [1.54, 1.807) is 0 Å². The molecule has 0 saturated carbocycles. The molecule has 0 fully saturated rings. The lowest BCUT2D eigenvalue weighted by Gasteiger charge is -2.16. The number of nitrogens with one attached hydrogen (secondary N) is 1. The number of nitrogens with zero attached hydrogens (tertiary/aromatic N) is 1. The van der Waals surface area contributed by atoms with Gasteiger partial charge in [-0.3, -0.25) is 0 Å². The summed E-state index contributed by atoms with van der Waals surface area (Å²) < 4.78 is 40.3. The molecule has 0 saturated heterocycles. The van der Waals surface area contributed by atoms with E-state index in [0.29, 0.717) is 12.1 Å². The number of benzene rings is 1. The van der Waals surface area contributed by atoms with E-state index in [9.17, 15) is 13.2 Å². The maximum Gasteiger partial charge on any atom is 0.573 e. The van der Waals surface area contributed by atoms with E-state index in [-0.39, 0.29) is 16.3 Å². The molecular weight excluding hydrogens is 325 g/mol. The first kappa shape index (κ1) is 15.6. The number of hydrogen-bond acceptors (Lipinski definition) is 3. The van der Waals surface area contributed by atoms with E-state index in [1.807, 2.05) is 13.0 Å². The normalized spacial score (nSPS) is 12.6. The molecule has 0 spiro atoms. The van der Waals surface area contributed by atoms with Crippen molar-refractivity contribution in [3.8, 4) is 11.8 Å². The summed E-state index contributed by atoms with van der Waals surface area (Å²) in [5, 5.41) is 11.7. The fourth-order valence-electron chi connectivity index (χ4n) is 1.44. The average Bonchev–Trinajstić information content (AvgIpc) is 2.30. The van der Waals surface area contributed by atoms with Crippen LogP contribution in [0.15, 0.2) is 22.7 Å². The Balaban J connectivity index is 2.79. The molecule has 0 aliphatic heterocycles. The van der Waals surface area contributed by atoms with E-state index in [2.05, 4.69) is 26.0 Å². The molecule has 0 radical (unpaired) electrons. The summed E-state index contributed by atoms with van der Waals surface area (Å²) in [6.45, 7) is 1.92. The Morgan fingerprint density at radius 3 is 2.63 bits per heavy atom. The van der Waals surface area contributed by atoms with Gasteiger partial charge in [-0.1, -0.05) is 6.92 Å². The topological polar surface area (TPSA) is 45.0 Å². The highest BCUT2D eigenvalue weighted by Crippen LogP contribution is 2.32. The SMILES string of the molecule is CCC(CC#N)Nc1ccc(OC(F)(F)F)c(Br)c1. The Morgan fingerprint density at radius 2 is 2.16 bits per heavy atom. The van der Waals surface area contributed by atoms with Gasteiger partial charge in [0.05, 0.1) is 17.0 Å². The summed E-state index contributed by atoms with van der Waals surface area (Å²) in [7, 11) is 0. The van der Waals surface area contributed by atoms with Crippen molar-refractivity contribution in [2.24, 2.45) is 0 Å². The number of halogens is 4. The van der Waals surface area contributed by atoms with Gasteiger partial charge in [-0.2, -0.15) is 5.26 Å². The molecule has 7 heteroatoms. The van der Waals surface area contributed by atoms with Gasteiger partial charge in [0, 0.05) is 11.7 Å². The third-order valence-corrected chi connectivity index (χ3v) is 2.98.